The molecule has 15 heavy (non-hydrogen) atoms. The summed E-state index contributed by atoms with van der Waals surface area (Å²) >= 11 is 0. The van der Waals surface area contributed by atoms with Crippen molar-refractivity contribution in [3.63, 3.8) is 0 Å². The van der Waals surface area contributed by atoms with E-state index in [0.29, 0.717) is 18.5 Å². The van der Waals surface area contributed by atoms with Gasteiger partial charge < -0.3 is 4.90 Å². The van der Waals surface area contributed by atoms with E-state index in [1.807, 2.05) is 4.90 Å². The van der Waals surface area contributed by atoms with Gasteiger partial charge in [-0.05, 0) is 18.9 Å². The van der Waals surface area contributed by atoms with Gasteiger partial charge in [0, 0.05) is 19.3 Å². The summed E-state index contributed by atoms with van der Waals surface area (Å²) in [5, 5.41) is 8.92. The van der Waals surface area contributed by atoms with Crippen LogP contribution >= 0.6 is 0 Å². The third kappa shape index (κ3) is 2.07. The number of hydrogen-bond acceptors (Lipinski definition) is 3. The normalized spacial score (nSPS) is 21.1. The Balaban J connectivity index is 2.25. The Bertz CT molecular complexity index is 386. The smallest absolute Gasteiger partial charge is 0.118 e. The topological polar surface area (TPSA) is 39.9 Å². The fourth-order valence-corrected chi connectivity index (χ4v) is 1.88. The highest BCUT2D eigenvalue weighted by Crippen LogP contribution is 2.23. The summed E-state index contributed by atoms with van der Waals surface area (Å²) in [6.07, 6.45) is 3.89. The van der Waals surface area contributed by atoms with Crippen molar-refractivity contribution < 1.29 is 4.39 Å². The first-order chi connectivity index (χ1) is 7.31. The summed E-state index contributed by atoms with van der Waals surface area (Å²) < 4.78 is 13.2. The minimum absolute atomic E-state index is 0.375. The molecule has 0 N–H and O–H groups in total. The first-order valence-electron chi connectivity index (χ1n) is 5.04. The Morgan fingerprint density at radius 1 is 1.60 bits per heavy atom. The molecule has 0 spiro atoms. The number of anilines is 1. The number of halogens is 1. The molecular weight excluding hydrogens is 193 g/mol. The fourth-order valence-electron chi connectivity index (χ4n) is 1.88. The SMILES string of the molecule is N#Cc1ccncc1N1CCC[C@@H](F)C1. The zero-order chi connectivity index (χ0) is 10.7. The van der Waals surface area contributed by atoms with Gasteiger partial charge in [0.1, 0.15) is 12.2 Å². The molecule has 2 rings (SSSR count). The Kier molecular flexibility index (Phi) is 2.82. The van der Waals surface area contributed by atoms with Gasteiger partial charge in [0.05, 0.1) is 17.4 Å². The van der Waals surface area contributed by atoms with E-state index in [4.69, 9.17) is 5.26 Å². The number of pyridine rings is 1. The molecule has 4 heteroatoms. The molecule has 1 aromatic heterocycles. The first-order valence-corrected chi connectivity index (χ1v) is 5.04. The number of nitrogens with zero attached hydrogens (tertiary/aromatic N) is 3. The van der Waals surface area contributed by atoms with Crippen LogP contribution in [0.15, 0.2) is 18.5 Å². The van der Waals surface area contributed by atoms with Crippen LogP contribution in [0.2, 0.25) is 0 Å². The number of alkyl halides is 1. The van der Waals surface area contributed by atoms with Gasteiger partial charge in [-0.15, -0.1) is 0 Å². The lowest BCUT2D eigenvalue weighted by molar-refractivity contribution is 0.286. The van der Waals surface area contributed by atoms with Gasteiger partial charge in [-0.1, -0.05) is 0 Å². The minimum atomic E-state index is -0.787. The highest BCUT2D eigenvalue weighted by Gasteiger charge is 2.21. The van der Waals surface area contributed by atoms with Crippen LogP contribution in [0.4, 0.5) is 10.1 Å². The van der Waals surface area contributed by atoms with Gasteiger partial charge in [-0.2, -0.15) is 5.26 Å². The number of hydrogen-bond donors (Lipinski definition) is 0. The molecular formula is C11H12FN3. The molecule has 1 aliphatic rings. The molecule has 0 saturated carbocycles. The second kappa shape index (κ2) is 4.26. The van der Waals surface area contributed by atoms with Crippen LogP contribution < -0.4 is 4.90 Å². The van der Waals surface area contributed by atoms with Gasteiger partial charge in [0.2, 0.25) is 0 Å². The Morgan fingerprint density at radius 3 is 3.20 bits per heavy atom. The van der Waals surface area contributed by atoms with Crippen molar-refractivity contribution in [2.45, 2.75) is 19.0 Å². The zero-order valence-electron chi connectivity index (χ0n) is 8.36. The molecule has 1 atom stereocenters. The molecule has 0 aromatic carbocycles. The predicted molar refractivity (Wildman–Crippen MR) is 55.3 cm³/mol. The Hall–Kier alpha value is -1.63. The first kappa shape index (κ1) is 9.91. The van der Waals surface area contributed by atoms with Gasteiger partial charge in [-0.3, -0.25) is 4.98 Å². The molecule has 0 amide bonds. The van der Waals surface area contributed by atoms with Crippen LogP contribution in [0.25, 0.3) is 0 Å². The fraction of sp³-hybridized carbons (Fsp3) is 0.455. The van der Waals surface area contributed by atoms with Crippen molar-refractivity contribution in [1.29, 1.82) is 5.26 Å². The number of nitriles is 1. The van der Waals surface area contributed by atoms with E-state index in [0.717, 1.165) is 18.7 Å². The second-order valence-corrected chi connectivity index (χ2v) is 3.69. The van der Waals surface area contributed by atoms with E-state index in [9.17, 15) is 4.39 Å². The monoisotopic (exact) mass is 205 g/mol. The number of aromatic nitrogens is 1. The molecule has 0 bridgehead atoms. The van der Waals surface area contributed by atoms with Crippen LogP contribution in [-0.2, 0) is 0 Å². The molecule has 0 unspecified atom stereocenters. The summed E-state index contributed by atoms with van der Waals surface area (Å²) in [6.45, 7) is 1.18. The maximum atomic E-state index is 13.2. The molecule has 3 nitrogen and oxygen atoms in total. The van der Waals surface area contributed by atoms with Crippen LogP contribution in [0.1, 0.15) is 18.4 Å². The highest BCUT2D eigenvalue weighted by molar-refractivity contribution is 5.57. The lowest BCUT2D eigenvalue weighted by Crippen LogP contribution is -2.36. The van der Waals surface area contributed by atoms with Crippen LogP contribution in [0.5, 0.6) is 0 Å². The molecule has 1 aliphatic heterocycles. The van der Waals surface area contributed by atoms with Gasteiger partial charge in [0.25, 0.3) is 0 Å². The van der Waals surface area contributed by atoms with E-state index < -0.39 is 6.17 Å². The summed E-state index contributed by atoms with van der Waals surface area (Å²) in [4.78, 5) is 5.88. The third-order valence-electron chi connectivity index (χ3n) is 2.63. The third-order valence-corrected chi connectivity index (χ3v) is 2.63. The highest BCUT2D eigenvalue weighted by atomic mass is 19.1. The maximum absolute atomic E-state index is 13.2. The van der Waals surface area contributed by atoms with E-state index >= 15 is 0 Å². The van der Waals surface area contributed by atoms with Crippen LogP contribution in [0.3, 0.4) is 0 Å². The van der Waals surface area contributed by atoms with Crippen molar-refractivity contribution in [2.24, 2.45) is 0 Å². The average Bonchev–Trinajstić information content (AvgIpc) is 2.29. The summed E-state index contributed by atoms with van der Waals surface area (Å²) in [5.41, 5.74) is 1.32. The zero-order valence-corrected chi connectivity index (χ0v) is 8.36. The van der Waals surface area contributed by atoms with Crippen LogP contribution in [-0.4, -0.2) is 24.2 Å². The molecule has 1 aromatic rings. The molecule has 2 heterocycles. The average molecular weight is 205 g/mol. The van der Waals surface area contributed by atoms with Crippen molar-refractivity contribution in [3.05, 3.63) is 24.0 Å². The summed E-state index contributed by atoms with van der Waals surface area (Å²) in [6, 6.07) is 3.77. The lowest BCUT2D eigenvalue weighted by atomic mass is 10.1. The molecule has 1 saturated heterocycles. The molecule has 1 fully saturated rings. The quantitative estimate of drug-likeness (QED) is 0.702. The predicted octanol–water partition coefficient (Wildman–Crippen LogP) is 1.89. The van der Waals surface area contributed by atoms with Crippen LogP contribution in [0, 0.1) is 11.3 Å². The molecule has 78 valence electrons. The van der Waals surface area contributed by atoms with Gasteiger partial charge in [-0.25, -0.2) is 4.39 Å². The molecule has 0 aliphatic carbocycles. The Morgan fingerprint density at radius 2 is 2.47 bits per heavy atom. The van der Waals surface area contributed by atoms with Crippen molar-refractivity contribution in [1.82, 2.24) is 4.98 Å². The van der Waals surface area contributed by atoms with E-state index in [1.165, 1.54) is 0 Å². The maximum Gasteiger partial charge on any atom is 0.118 e. The van der Waals surface area contributed by atoms with Gasteiger partial charge in [0.15, 0.2) is 0 Å². The standard InChI is InChI=1S/C11H12FN3/c12-10-2-1-5-15(8-10)11-7-14-4-3-9(11)6-13/h3-4,7,10H,1-2,5,8H2/t10-/m1/s1. The number of rotatable bonds is 1. The Labute approximate surface area is 88.2 Å². The number of piperidine rings is 1. The van der Waals surface area contributed by atoms with E-state index in [-0.39, 0.29) is 0 Å². The lowest BCUT2D eigenvalue weighted by Gasteiger charge is -2.31. The van der Waals surface area contributed by atoms with Crippen molar-refractivity contribution in [3.8, 4) is 6.07 Å². The largest absolute Gasteiger partial charge is 0.366 e. The van der Waals surface area contributed by atoms with Gasteiger partial charge >= 0.3 is 0 Å². The van der Waals surface area contributed by atoms with Crippen molar-refractivity contribution >= 4 is 5.69 Å². The summed E-state index contributed by atoms with van der Waals surface area (Å²) in [5.74, 6) is 0. The molecule has 0 radical (unpaired) electrons. The second-order valence-electron chi connectivity index (χ2n) is 3.69. The summed E-state index contributed by atoms with van der Waals surface area (Å²) in [7, 11) is 0. The van der Waals surface area contributed by atoms with E-state index in [1.54, 1.807) is 18.5 Å². The minimum Gasteiger partial charge on any atom is -0.366 e. The van der Waals surface area contributed by atoms with E-state index in [2.05, 4.69) is 11.1 Å². The van der Waals surface area contributed by atoms with Crippen molar-refractivity contribution in [2.75, 3.05) is 18.0 Å².